The summed E-state index contributed by atoms with van der Waals surface area (Å²) in [6, 6.07) is 22.7. The maximum absolute atomic E-state index is 13.0. The van der Waals surface area contributed by atoms with Crippen molar-refractivity contribution in [2.45, 2.75) is 25.3 Å². The van der Waals surface area contributed by atoms with Gasteiger partial charge in [0, 0.05) is 17.4 Å². The monoisotopic (exact) mass is 473 g/mol. The lowest BCUT2D eigenvalue weighted by molar-refractivity contribution is -0.121. The van der Waals surface area contributed by atoms with Gasteiger partial charge in [0.15, 0.2) is 0 Å². The highest BCUT2D eigenvalue weighted by Crippen LogP contribution is 2.34. The SMILES string of the molecule is COc1ccc(NC(=O)CN(CC(=O)Nc2ccc(OC)cc2)[C@H]2CCCc3ccccc32)cc1. The highest BCUT2D eigenvalue weighted by atomic mass is 16.5. The molecule has 0 unspecified atom stereocenters. The molecule has 0 spiro atoms. The minimum atomic E-state index is -0.171. The second kappa shape index (κ2) is 11.5. The van der Waals surface area contributed by atoms with Crippen LogP contribution in [0.5, 0.6) is 11.5 Å². The Morgan fingerprint density at radius 2 is 1.31 bits per heavy atom. The van der Waals surface area contributed by atoms with E-state index in [4.69, 9.17) is 9.47 Å². The van der Waals surface area contributed by atoms with Crippen LogP contribution in [-0.4, -0.2) is 44.0 Å². The van der Waals surface area contributed by atoms with E-state index in [1.165, 1.54) is 11.1 Å². The molecule has 2 amide bonds. The second-order valence-corrected chi connectivity index (χ2v) is 8.57. The van der Waals surface area contributed by atoms with Crippen LogP contribution in [-0.2, 0) is 16.0 Å². The zero-order chi connectivity index (χ0) is 24.6. The summed E-state index contributed by atoms with van der Waals surface area (Å²) in [7, 11) is 3.20. The molecular weight excluding hydrogens is 442 g/mol. The van der Waals surface area contributed by atoms with Crippen LogP contribution in [0.2, 0.25) is 0 Å². The van der Waals surface area contributed by atoms with Gasteiger partial charge in [0.25, 0.3) is 0 Å². The van der Waals surface area contributed by atoms with Crippen molar-refractivity contribution in [3.05, 3.63) is 83.9 Å². The van der Waals surface area contributed by atoms with E-state index in [-0.39, 0.29) is 30.9 Å². The molecule has 1 aliphatic rings. The summed E-state index contributed by atoms with van der Waals surface area (Å²) < 4.78 is 10.4. The lowest BCUT2D eigenvalue weighted by Gasteiger charge is -2.35. The van der Waals surface area contributed by atoms with Crippen molar-refractivity contribution in [2.24, 2.45) is 0 Å². The van der Waals surface area contributed by atoms with E-state index in [0.717, 1.165) is 30.8 Å². The molecule has 0 aromatic heterocycles. The third-order valence-electron chi connectivity index (χ3n) is 6.22. The van der Waals surface area contributed by atoms with Crippen LogP contribution < -0.4 is 20.1 Å². The average Bonchev–Trinajstić information content (AvgIpc) is 2.89. The summed E-state index contributed by atoms with van der Waals surface area (Å²) in [5.41, 5.74) is 3.83. The number of nitrogens with zero attached hydrogens (tertiary/aromatic N) is 1. The molecule has 0 saturated heterocycles. The summed E-state index contributed by atoms with van der Waals surface area (Å²) in [5.74, 6) is 1.10. The van der Waals surface area contributed by atoms with E-state index in [1.807, 2.05) is 17.0 Å². The van der Waals surface area contributed by atoms with Crippen molar-refractivity contribution < 1.29 is 19.1 Å². The largest absolute Gasteiger partial charge is 0.497 e. The van der Waals surface area contributed by atoms with Crippen LogP contribution >= 0.6 is 0 Å². The minimum Gasteiger partial charge on any atom is -0.497 e. The topological polar surface area (TPSA) is 79.9 Å². The van der Waals surface area contributed by atoms with Gasteiger partial charge in [-0.15, -0.1) is 0 Å². The molecule has 0 saturated carbocycles. The second-order valence-electron chi connectivity index (χ2n) is 8.57. The van der Waals surface area contributed by atoms with Crippen molar-refractivity contribution in [2.75, 3.05) is 37.9 Å². The van der Waals surface area contributed by atoms with E-state index < -0.39 is 0 Å². The fourth-order valence-electron chi connectivity index (χ4n) is 4.50. The van der Waals surface area contributed by atoms with Crippen molar-refractivity contribution >= 4 is 23.2 Å². The van der Waals surface area contributed by atoms with E-state index in [0.29, 0.717) is 11.4 Å². The zero-order valence-electron chi connectivity index (χ0n) is 20.1. The molecule has 7 nitrogen and oxygen atoms in total. The van der Waals surface area contributed by atoms with Gasteiger partial charge >= 0.3 is 0 Å². The van der Waals surface area contributed by atoms with Crippen molar-refractivity contribution in [1.82, 2.24) is 4.90 Å². The highest BCUT2D eigenvalue weighted by Gasteiger charge is 2.28. The number of fused-ring (bicyclic) bond motifs is 1. The quantitative estimate of drug-likeness (QED) is 0.473. The number of hydrogen-bond acceptors (Lipinski definition) is 5. The molecule has 0 bridgehead atoms. The average molecular weight is 474 g/mol. The smallest absolute Gasteiger partial charge is 0.238 e. The Labute approximate surface area is 206 Å². The van der Waals surface area contributed by atoms with E-state index in [2.05, 4.69) is 22.8 Å². The van der Waals surface area contributed by atoms with Gasteiger partial charge in [-0.2, -0.15) is 0 Å². The van der Waals surface area contributed by atoms with Gasteiger partial charge in [0.1, 0.15) is 11.5 Å². The maximum Gasteiger partial charge on any atom is 0.238 e. The lowest BCUT2D eigenvalue weighted by atomic mass is 9.86. The first-order valence-corrected chi connectivity index (χ1v) is 11.8. The molecule has 3 aromatic carbocycles. The molecule has 1 aliphatic carbocycles. The fourth-order valence-corrected chi connectivity index (χ4v) is 4.50. The van der Waals surface area contributed by atoms with E-state index in [1.54, 1.807) is 62.8 Å². The maximum atomic E-state index is 13.0. The van der Waals surface area contributed by atoms with Gasteiger partial charge in [-0.3, -0.25) is 14.5 Å². The first-order chi connectivity index (χ1) is 17.1. The molecule has 0 aliphatic heterocycles. The van der Waals surface area contributed by atoms with Crippen molar-refractivity contribution in [3.63, 3.8) is 0 Å². The van der Waals surface area contributed by atoms with Crippen LogP contribution in [0, 0.1) is 0 Å². The van der Waals surface area contributed by atoms with Gasteiger partial charge < -0.3 is 20.1 Å². The summed E-state index contributed by atoms with van der Waals surface area (Å²) in [5, 5.41) is 5.88. The number of carbonyl (C=O) groups is 2. The standard InChI is InChI=1S/C28H31N3O4/c1-34-23-14-10-21(11-15-23)29-27(32)18-31(26-9-5-7-20-6-3-4-8-25(20)26)19-28(33)30-22-12-16-24(35-2)17-13-22/h3-4,6,8,10-17,26H,5,7,9,18-19H2,1-2H3,(H,29,32)(H,30,33)/t26-/m0/s1. The molecule has 0 radical (unpaired) electrons. The van der Waals surface area contributed by atoms with Crippen LogP contribution in [0.25, 0.3) is 0 Å². The van der Waals surface area contributed by atoms with Crippen LogP contribution in [0.15, 0.2) is 72.8 Å². The van der Waals surface area contributed by atoms with Gasteiger partial charge in [-0.1, -0.05) is 24.3 Å². The van der Waals surface area contributed by atoms with Crippen LogP contribution in [0.3, 0.4) is 0 Å². The Kier molecular flexibility index (Phi) is 8.00. The Morgan fingerprint density at radius 3 is 1.83 bits per heavy atom. The number of hydrogen-bond donors (Lipinski definition) is 2. The molecule has 7 heteroatoms. The Bertz CT molecular complexity index is 1080. The first kappa shape index (κ1) is 24.3. The number of aryl methyl sites for hydroxylation is 1. The molecule has 2 N–H and O–H groups in total. The third-order valence-corrected chi connectivity index (χ3v) is 6.22. The summed E-state index contributed by atoms with van der Waals surface area (Å²) >= 11 is 0. The molecule has 182 valence electrons. The van der Waals surface area contributed by atoms with Crippen molar-refractivity contribution in [1.29, 1.82) is 0 Å². The fraction of sp³-hybridized carbons (Fsp3) is 0.286. The highest BCUT2D eigenvalue weighted by molar-refractivity contribution is 5.94. The lowest BCUT2D eigenvalue weighted by Crippen LogP contribution is -2.42. The summed E-state index contributed by atoms with van der Waals surface area (Å²) in [6.45, 7) is 0.197. The molecule has 3 aromatic rings. The van der Waals surface area contributed by atoms with Gasteiger partial charge in [0.05, 0.1) is 27.3 Å². The van der Waals surface area contributed by atoms with Crippen LogP contribution in [0.4, 0.5) is 11.4 Å². The summed E-state index contributed by atoms with van der Waals surface area (Å²) in [6.07, 6.45) is 2.91. The molecule has 35 heavy (non-hydrogen) atoms. The third kappa shape index (κ3) is 6.39. The Hall–Kier alpha value is -3.84. The first-order valence-electron chi connectivity index (χ1n) is 11.8. The van der Waals surface area contributed by atoms with Crippen LogP contribution in [0.1, 0.15) is 30.0 Å². The molecule has 0 heterocycles. The number of amides is 2. The number of benzene rings is 3. The number of carbonyl (C=O) groups excluding carboxylic acids is 2. The molecular formula is C28H31N3O4. The number of methoxy groups -OCH3 is 2. The zero-order valence-corrected chi connectivity index (χ0v) is 20.1. The van der Waals surface area contributed by atoms with E-state index in [9.17, 15) is 9.59 Å². The van der Waals surface area contributed by atoms with E-state index >= 15 is 0 Å². The number of ether oxygens (including phenoxy) is 2. The predicted molar refractivity (Wildman–Crippen MR) is 137 cm³/mol. The molecule has 0 fully saturated rings. The number of rotatable bonds is 9. The predicted octanol–water partition coefficient (Wildman–Crippen LogP) is 4.66. The Morgan fingerprint density at radius 1 is 0.800 bits per heavy atom. The van der Waals surface area contributed by atoms with Gasteiger partial charge in [-0.05, 0) is 78.9 Å². The Balaban J connectivity index is 1.49. The molecule has 4 rings (SSSR count). The summed E-state index contributed by atoms with van der Waals surface area (Å²) in [4.78, 5) is 28.0. The van der Waals surface area contributed by atoms with Gasteiger partial charge in [-0.25, -0.2) is 0 Å². The molecule has 1 atom stereocenters. The minimum absolute atomic E-state index is 0.0109. The number of anilines is 2. The normalized spacial score (nSPS) is 14.7. The number of nitrogens with one attached hydrogen (secondary N) is 2. The van der Waals surface area contributed by atoms with Crippen molar-refractivity contribution in [3.8, 4) is 11.5 Å². The van der Waals surface area contributed by atoms with Gasteiger partial charge in [0.2, 0.25) is 11.8 Å².